The molecule has 1 aliphatic carbocycles. The Morgan fingerprint density at radius 1 is 1.32 bits per heavy atom. The second kappa shape index (κ2) is 6.83. The van der Waals surface area contributed by atoms with Crippen LogP contribution in [0.5, 0.6) is 0 Å². The highest BCUT2D eigenvalue weighted by molar-refractivity contribution is 5.41. The number of hydrogen-bond acceptors (Lipinski definition) is 6. The topological polar surface area (TPSA) is 83.0 Å². The van der Waals surface area contributed by atoms with Gasteiger partial charge in [0.2, 0.25) is 5.82 Å². The molecule has 0 spiro atoms. The molecule has 0 aromatic carbocycles. The Morgan fingerprint density at radius 2 is 2.09 bits per heavy atom. The van der Waals surface area contributed by atoms with Gasteiger partial charge in [-0.2, -0.15) is 0 Å². The third-order valence-electron chi connectivity index (χ3n) is 4.13. The molecule has 1 aliphatic rings. The largest absolute Gasteiger partial charge is 0.442 e. The Hall–Kier alpha value is -2.02. The highest BCUT2D eigenvalue weighted by Gasteiger charge is 2.22. The van der Waals surface area contributed by atoms with E-state index in [-0.39, 0.29) is 6.10 Å². The van der Waals surface area contributed by atoms with Gasteiger partial charge in [-0.05, 0) is 24.8 Å². The van der Waals surface area contributed by atoms with Gasteiger partial charge < -0.3 is 4.74 Å². The van der Waals surface area contributed by atoms with Crippen LogP contribution in [-0.4, -0.2) is 32.4 Å². The second-order valence-electron chi connectivity index (χ2n) is 5.67. The first kappa shape index (κ1) is 14.9. The average Bonchev–Trinajstić information content (AvgIpc) is 2.91. The summed E-state index contributed by atoms with van der Waals surface area (Å²) in [5.74, 6) is 0.776. The van der Waals surface area contributed by atoms with Gasteiger partial charge in [-0.1, -0.05) is 24.9 Å². The second-order valence-corrected chi connectivity index (χ2v) is 5.67. The zero-order valence-corrected chi connectivity index (χ0v) is 12.6. The van der Waals surface area contributed by atoms with Gasteiger partial charge in [-0.25, -0.2) is 14.8 Å². The summed E-state index contributed by atoms with van der Waals surface area (Å²) in [6.45, 7) is 3.06. The van der Waals surface area contributed by atoms with Gasteiger partial charge in [0.05, 0.1) is 19.3 Å². The highest BCUT2D eigenvalue weighted by Crippen LogP contribution is 2.26. The van der Waals surface area contributed by atoms with Crippen molar-refractivity contribution >= 4 is 0 Å². The quantitative estimate of drug-likeness (QED) is 0.839. The van der Waals surface area contributed by atoms with E-state index in [9.17, 15) is 4.79 Å². The first-order valence-electron chi connectivity index (χ1n) is 7.71. The molecule has 0 bridgehead atoms. The summed E-state index contributed by atoms with van der Waals surface area (Å²) in [6, 6.07) is 1.71. The molecule has 2 aromatic rings. The van der Waals surface area contributed by atoms with Crippen LogP contribution in [0.1, 0.15) is 32.6 Å². The Bertz CT molecular complexity index is 652. The molecule has 2 atom stereocenters. The lowest BCUT2D eigenvalue weighted by Gasteiger charge is -2.28. The smallest absolute Gasteiger partial charge is 0.376 e. The molecule has 0 N–H and O–H groups in total. The van der Waals surface area contributed by atoms with Crippen molar-refractivity contribution in [3.63, 3.8) is 0 Å². The molecular weight excluding hydrogens is 284 g/mol. The Balaban J connectivity index is 1.66. The zero-order valence-electron chi connectivity index (χ0n) is 12.6. The fourth-order valence-electron chi connectivity index (χ4n) is 2.87. The van der Waals surface area contributed by atoms with Gasteiger partial charge in [-0.3, -0.25) is 9.09 Å². The first-order chi connectivity index (χ1) is 10.8. The SMILES string of the molecule is C[C@H]1CCCC[C@H]1OCCn1c(-c2ncccn2)noc1=O. The monoisotopic (exact) mass is 304 g/mol. The van der Waals surface area contributed by atoms with Crippen molar-refractivity contribution in [2.24, 2.45) is 5.92 Å². The van der Waals surface area contributed by atoms with E-state index in [1.807, 2.05) is 0 Å². The lowest BCUT2D eigenvalue weighted by molar-refractivity contribution is -0.00873. The van der Waals surface area contributed by atoms with Gasteiger partial charge >= 0.3 is 5.76 Å². The molecule has 0 amide bonds. The number of aromatic nitrogens is 4. The van der Waals surface area contributed by atoms with E-state index in [1.165, 1.54) is 23.8 Å². The van der Waals surface area contributed by atoms with E-state index in [0.29, 0.717) is 30.7 Å². The number of rotatable bonds is 5. The Morgan fingerprint density at radius 3 is 2.86 bits per heavy atom. The van der Waals surface area contributed by atoms with Gasteiger partial charge in [-0.15, -0.1) is 0 Å². The molecule has 22 heavy (non-hydrogen) atoms. The molecule has 1 fully saturated rings. The van der Waals surface area contributed by atoms with Crippen molar-refractivity contribution in [1.29, 1.82) is 0 Å². The van der Waals surface area contributed by atoms with Gasteiger partial charge in [0.15, 0.2) is 5.82 Å². The van der Waals surface area contributed by atoms with Crippen molar-refractivity contribution in [3.8, 4) is 11.6 Å². The molecule has 0 aliphatic heterocycles. The normalized spacial score (nSPS) is 21.9. The van der Waals surface area contributed by atoms with E-state index in [0.717, 1.165) is 6.42 Å². The Labute approximate surface area is 128 Å². The van der Waals surface area contributed by atoms with E-state index in [4.69, 9.17) is 9.26 Å². The fourth-order valence-corrected chi connectivity index (χ4v) is 2.87. The molecule has 7 heteroatoms. The molecule has 3 rings (SSSR count). The summed E-state index contributed by atoms with van der Waals surface area (Å²) >= 11 is 0. The van der Waals surface area contributed by atoms with E-state index >= 15 is 0 Å². The van der Waals surface area contributed by atoms with E-state index < -0.39 is 5.76 Å². The molecule has 2 aromatic heterocycles. The lowest BCUT2D eigenvalue weighted by atomic mass is 9.88. The van der Waals surface area contributed by atoms with Crippen LogP contribution >= 0.6 is 0 Å². The summed E-state index contributed by atoms with van der Waals surface area (Å²) < 4.78 is 12.1. The third-order valence-corrected chi connectivity index (χ3v) is 4.13. The predicted molar refractivity (Wildman–Crippen MR) is 79.2 cm³/mol. The summed E-state index contributed by atoms with van der Waals surface area (Å²) in [5.41, 5.74) is 0. The van der Waals surface area contributed by atoms with Gasteiger partial charge in [0.25, 0.3) is 0 Å². The van der Waals surface area contributed by atoms with Crippen molar-refractivity contribution in [1.82, 2.24) is 19.7 Å². The summed E-state index contributed by atoms with van der Waals surface area (Å²) in [5, 5.41) is 3.76. The molecule has 2 heterocycles. The minimum absolute atomic E-state index is 0.278. The van der Waals surface area contributed by atoms with Crippen LogP contribution in [0.2, 0.25) is 0 Å². The van der Waals surface area contributed by atoms with Crippen molar-refractivity contribution in [3.05, 3.63) is 29.0 Å². The summed E-state index contributed by atoms with van der Waals surface area (Å²) in [7, 11) is 0. The van der Waals surface area contributed by atoms with Crippen LogP contribution in [0.25, 0.3) is 11.6 Å². The molecular formula is C15H20N4O3. The molecule has 0 saturated heterocycles. The van der Waals surface area contributed by atoms with Crippen LogP contribution < -0.4 is 5.76 Å². The van der Waals surface area contributed by atoms with Crippen LogP contribution in [0, 0.1) is 5.92 Å². The predicted octanol–water partition coefficient (Wildman–Crippen LogP) is 1.89. The third kappa shape index (κ3) is 3.24. The maximum Gasteiger partial charge on any atom is 0.442 e. The average molecular weight is 304 g/mol. The summed E-state index contributed by atoms with van der Waals surface area (Å²) in [4.78, 5) is 20.0. The zero-order chi connectivity index (χ0) is 15.4. The number of ether oxygens (including phenoxy) is 1. The molecule has 0 unspecified atom stereocenters. The molecule has 7 nitrogen and oxygen atoms in total. The minimum Gasteiger partial charge on any atom is -0.376 e. The maximum atomic E-state index is 11.8. The van der Waals surface area contributed by atoms with Crippen molar-refractivity contribution in [2.45, 2.75) is 45.3 Å². The van der Waals surface area contributed by atoms with Crippen LogP contribution in [0.15, 0.2) is 27.8 Å². The van der Waals surface area contributed by atoms with E-state index in [2.05, 4.69) is 22.0 Å². The number of nitrogens with zero attached hydrogens (tertiary/aromatic N) is 4. The molecule has 1 saturated carbocycles. The maximum absolute atomic E-state index is 11.8. The van der Waals surface area contributed by atoms with E-state index in [1.54, 1.807) is 18.5 Å². The lowest BCUT2D eigenvalue weighted by Crippen LogP contribution is -2.28. The standard InChI is InChI=1S/C15H20N4O3/c1-11-5-2-3-6-12(11)21-10-9-19-14(18-22-15(19)20)13-16-7-4-8-17-13/h4,7-8,11-12H,2-3,5-6,9-10H2,1H3/t11-,12+/m0/s1. The number of hydrogen-bond donors (Lipinski definition) is 0. The van der Waals surface area contributed by atoms with Crippen LogP contribution in [0.3, 0.4) is 0 Å². The fraction of sp³-hybridized carbons (Fsp3) is 0.600. The van der Waals surface area contributed by atoms with Gasteiger partial charge in [0.1, 0.15) is 0 Å². The Kier molecular flexibility index (Phi) is 4.62. The highest BCUT2D eigenvalue weighted by atomic mass is 16.5. The first-order valence-corrected chi connectivity index (χ1v) is 7.71. The molecule has 0 radical (unpaired) electrons. The van der Waals surface area contributed by atoms with Crippen LogP contribution in [0.4, 0.5) is 0 Å². The molecule has 118 valence electrons. The summed E-state index contributed by atoms with van der Waals surface area (Å²) in [6.07, 6.45) is 8.28. The van der Waals surface area contributed by atoms with Crippen LogP contribution in [-0.2, 0) is 11.3 Å². The minimum atomic E-state index is -0.511. The van der Waals surface area contributed by atoms with Gasteiger partial charge in [0, 0.05) is 12.4 Å². The van der Waals surface area contributed by atoms with Crippen molar-refractivity contribution < 1.29 is 9.26 Å². The van der Waals surface area contributed by atoms with Crippen molar-refractivity contribution in [2.75, 3.05) is 6.61 Å².